The molecule has 0 radical (unpaired) electrons. The average molecular weight is 486 g/mol. The number of amides is 3. The Kier molecular flexibility index (Phi) is 8.58. The molecule has 0 aliphatic carbocycles. The van der Waals surface area contributed by atoms with Crippen LogP contribution in [-0.4, -0.2) is 50.0 Å². The summed E-state index contributed by atoms with van der Waals surface area (Å²) in [6.07, 6.45) is 3.04. The van der Waals surface area contributed by atoms with E-state index in [1.165, 1.54) is 6.08 Å². The molecule has 0 bridgehead atoms. The second kappa shape index (κ2) is 11.6. The van der Waals surface area contributed by atoms with E-state index < -0.39 is 27.1 Å². The third kappa shape index (κ3) is 7.70. The highest BCUT2D eigenvalue weighted by Gasteiger charge is 2.34. The lowest BCUT2D eigenvalue weighted by molar-refractivity contribution is -0.124. The number of nitrogens with one attached hydrogen (secondary N) is 2. The molecule has 0 unspecified atom stereocenters. The summed E-state index contributed by atoms with van der Waals surface area (Å²) in [6.45, 7) is 0.0406. The minimum Gasteiger partial charge on any atom is -0.354 e. The molecule has 2 aromatic carbocycles. The lowest BCUT2D eigenvalue weighted by Crippen LogP contribution is -2.38. The predicted octanol–water partition coefficient (Wildman–Crippen LogP) is 2.82. The summed E-state index contributed by atoms with van der Waals surface area (Å²) >= 11 is 0.858. The highest BCUT2D eigenvalue weighted by atomic mass is 32.2. The molecule has 1 aliphatic rings. The number of nitrogens with zero attached hydrogens (tertiary/aromatic N) is 1. The Balaban J connectivity index is 1.39. The molecule has 10 heteroatoms. The number of thioether (sulfide) groups is 1. The number of hydrogen-bond acceptors (Lipinski definition) is 6. The third-order valence-corrected chi connectivity index (χ3v) is 6.53. The van der Waals surface area contributed by atoms with Gasteiger partial charge in [0.2, 0.25) is 15.9 Å². The van der Waals surface area contributed by atoms with Crippen LogP contribution in [0.15, 0.2) is 71.0 Å². The van der Waals surface area contributed by atoms with Crippen molar-refractivity contribution in [3.63, 3.8) is 0 Å². The summed E-state index contributed by atoms with van der Waals surface area (Å²) in [6, 6.07) is 18.2. The first kappa shape index (κ1) is 24.4. The summed E-state index contributed by atoms with van der Waals surface area (Å²) in [5.41, 5.74) is 1.56. The van der Waals surface area contributed by atoms with Gasteiger partial charge in [-0.15, -0.1) is 0 Å². The van der Waals surface area contributed by atoms with Crippen molar-refractivity contribution in [1.29, 1.82) is 0 Å². The second-order valence-corrected chi connectivity index (χ2v) is 9.64. The fourth-order valence-corrected chi connectivity index (χ4v) is 4.56. The molecule has 2 N–H and O–H groups in total. The van der Waals surface area contributed by atoms with Gasteiger partial charge in [0.15, 0.2) is 0 Å². The van der Waals surface area contributed by atoms with Crippen LogP contribution in [0.4, 0.5) is 4.79 Å². The summed E-state index contributed by atoms with van der Waals surface area (Å²) in [5, 5.41) is 3.24. The number of imide groups is 1. The van der Waals surface area contributed by atoms with Crippen LogP contribution in [0.25, 0.3) is 12.2 Å². The Morgan fingerprint density at radius 3 is 2.24 bits per heavy atom. The average Bonchev–Trinajstić information content (AvgIpc) is 3.06. The van der Waals surface area contributed by atoms with E-state index in [-0.39, 0.29) is 26.1 Å². The number of carbonyl (C=O) groups is 3. The van der Waals surface area contributed by atoms with E-state index in [0.29, 0.717) is 4.91 Å². The molecule has 172 valence electrons. The van der Waals surface area contributed by atoms with Crippen LogP contribution in [0.5, 0.6) is 0 Å². The van der Waals surface area contributed by atoms with Gasteiger partial charge in [-0.05, 0) is 35.0 Å². The number of sulfonamides is 1. The molecule has 1 heterocycles. The first-order chi connectivity index (χ1) is 15.8. The van der Waals surface area contributed by atoms with Crippen LogP contribution < -0.4 is 10.0 Å². The minimum absolute atomic E-state index is 0.0358. The minimum atomic E-state index is -3.67. The molecule has 1 saturated heterocycles. The lowest BCUT2D eigenvalue weighted by atomic mass is 10.2. The van der Waals surface area contributed by atoms with Crippen molar-refractivity contribution >= 4 is 51.0 Å². The fraction of sp³-hybridized carbons (Fsp3) is 0.174. The van der Waals surface area contributed by atoms with Crippen molar-refractivity contribution in [1.82, 2.24) is 14.9 Å². The van der Waals surface area contributed by atoms with Crippen LogP contribution in [0, 0.1) is 0 Å². The van der Waals surface area contributed by atoms with Crippen LogP contribution in [0.3, 0.4) is 0 Å². The van der Waals surface area contributed by atoms with Gasteiger partial charge in [0, 0.05) is 31.5 Å². The molecule has 8 nitrogen and oxygen atoms in total. The number of hydrogen-bond donors (Lipinski definition) is 2. The highest BCUT2D eigenvalue weighted by Crippen LogP contribution is 2.31. The zero-order valence-electron chi connectivity index (χ0n) is 17.6. The quantitative estimate of drug-likeness (QED) is 0.501. The topological polar surface area (TPSA) is 113 Å². The summed E-state index contributed by atoms with van der Waals surface area (Å²) in [4.78, 5) is 38.0. The lowest BCUT2D eigenvalue weighted by Gasteiger charge is -2.13. The zero-order chi connectivity index (χ0) is 23.7. The number of rotatable bonds is 10. The summed E-state index contributed by atoms with van der Waals surface area (Å²) in [7, 11) is -3.67. The van der Waals surface area contributed by atoms with Gasteiger partial charge in [0.05, 0.1) is 4.91 Å². The molecule has 1 aliphatic heterocycles. The van der Waals surface area contributed by atoms with Crippen molar-refractivity contribution < 1.29 is 22.8 Å². The van der Waals surface area contributed by atoms with Crippen LogP contribution in [-0.2, 0) is 19.6 Å². The predicted molar refractivity (Wildman–Crippen MR) is 129 cm³/mol. The van der Waals surface area contributed by atoms with E-state index in [2.05, 4.69) is 10.0 Å². The molecule has 33 heavy (non-hydrogen) atoms. The van der Waals surface area contributed by atoms with Gasteiger partial charge >= 0.3 is 0 Å². The largest absolute Gasteiger partial charge is 0.354 e. The van der Waals surface area contributed by atoms with Crippen molar-refractivity contribution in [3.05, 3.63) is 82.1 Å². The third-order valence-electron chi connectivity index (χ3n) is 4.52. The molecular formula is C23H23N3O5S2. The molecule has 0 aromatic heterocycles. The van der Waals surface area contributed by atoms with Gasteiger partial charge < -0.3 is 5.32 Å². The van der Waals surface area contributed by atoms with Crippen molar-refractivity contribution in [2.75, 3.05) is 19.6 Å². The Labute approximate surface area is 196 Å². The van der Waals surface area contributed by atoms with Crippen LogP contribution >= 0.6 is 11.8 Å². The van der Waals surface area contributed by atoms with Crippen LogP contribution in [0.2, 0.25) is 0 Å². The monoisotopic (exact) mass is 485 g/mol. The first-order valence-corrected chi connectivity index (χ1v) is 12.5. The Morgan fingerprint density at radius 1 is 0.939 bits per heavy atom. The number of carbonyl (C=O) groups excluding carboxylic acids is 3. The zero-order valence-corrected chi connectivity index (χ0v) is 19.3. The molecular weight excluding hydrogens is 462 g/mol. The summed E-state index contributed by atoms with van der Waals surface area (Å²) in [5.74, 6) is -0.794. The maximum absolute atomic E-state index is 12.5. The van der Waals surface area contributed by atoms with Crippen LogP contribution in [0.1, 0.15) is 17.5 Å². The summed E-state index contributed by atoms with van der Waals surface area (Å²) < 4.78 is 26.3. The Morgan fingerprint density at radius 2 is 1.58 bits per heavy atom. The Hall–Kier alpha value is -3.21. The SMILES string of the molecule is O=C(CCNS(=O)(=O)/C=C/c1ccccc1)NCCN1C(=O)S/C(=C\c2ccccc2)C1=O. The molecule has 3 rings (SSSR count). The van der Waals surface area contributed by atoms with Crippen molar-refractivity contribution in [3.8, 4) is 0 Å². The van der Waals surface area contributed by atoms with E-state index in [1.54, 1.807) is 30.3 Å². The standard InChI is InChI=1S/C23H23N3O5S2/c27-21(11-13-25-33(30,31)16-12-18-7-3-1-4-8-18)24-14-15-26-22(28)20(32-23(26)29)17-19-9-5-2-6-10-19/h1-10,12,16-17,25H,11,13-15H2,(H,24,27)/b16-12+,20-17-. The molecule has 1 fully saturated rings. The van der Waals surface area contributed by atoms with E-state index in [0.717, 1.165) is 33.2 Å². The highest BCUT2D eigenvalue weighted by molar-refractivity contribution is 8.18. The van der Waals surface area contributed by atoms with Crippen molar-refractivity contribution in [2.24, 2.45) is 0 Å². The fourth-order valence-electron chi connectivity index (χ4n) is 2.88. The van der Waals surface area contributed by atoms with Gasteiger partial charge in [0.1, 0.15) is 0 Å². The van der Waals surface area contributed by atoms with Gasteiger partial charge in [-0.25, -0.2) is 13.1 Å². The molecule has 0 spiro atoms. The van der Waals surface area contributed by atoms with E-state index in [4.69, 9.17) is 0 Å². The smallest absolute Gasteiger partial charge is 0.293 e. The van der Waals surface area contributed by atoms with Gasteiger partial charge in [0.25, 0.3) is 11.1 Å². The van der Waals surface area contributed by atoms with Gasteiger partial charge in [-0.1, -0.05) is 60.7 Å². The molecule has 0 atom stereocenters. The molecule has 2 aromatic rings. The Bertz CT molecular complexity index is 1160. The van der Waals surface area contributed by atoms with E-state index in [1.807, 2.05) is 36.4 Å². The normalized spacial score (nSPS) is 15.5. The van der Waals surface area contributed by atoms with E-state index in [9.17, 15) is 22.8 Å². The van der Waals surface area contributed by atoms with Gasteiger partial charge in [-0.3, -0.25) is 19.3 Å². The maximum Gasteiger partial charge on any atom is 0.293 e. The van der Waals surface area contributed by atoms with Crippen molar-refractivity contribution in [2.45, 2.75) is 6.42 Å². The molecule has 0 saturated carbocycles. The second-order valence-electron chi connectivity index (χ2n) is 7.00. The van der Waals surface area contributed by atoms with Gasteiger partial charge in [-0.2, -0.15) is 0 Å². The first-order valence-electron chi connectivity index (χ1n) is 10.1. The number of benzene rings is 2. The molecule has 3 amide bonds. The maximum atomic E-state index is 12.5. The van der Waals surface area contributed by atoms with E-state index >= 15 is 0 Å².